The van der Waals surface area contributed by atoms with Crippen LogP contribution in [-0.2, 0) is 9.59 Å². The number of hydrogen-bond acceptors (Lipinski definition) is 6. The molecule has 0 aromatic heterocycles. The molecule has 0 unspecified atom stereocenters. The molecule has 2 aromatic rings. The summed E-state index contributed by atoms with van der Waals surface area (Å²) in [5, 5.41) is 11.2. The number of likely N-dealkylation sites (N-methyl/N-ethyl adjacent to an activating group) is 1. The third kappa shape index (κ3) is 5.37. The van der Waals surface area contributed by atoms with Crippen LogP contribution in [0.25, 0.3) is 5.76 Å². The summed E-state index contributed by atoms with van der Waals surface area (Å²) in [7, 11) is 3.81. The van der Waals surface area contributed by atoms with Gasteiger partial charge in [-0.15, -0.1) is 0 Å². The number of hydrogen-bond donors (Lipinski definition) is 1. The van der Waals surface area contributed by atoms with Crippen LogP contribution in [0, 0.1) is 0 Å². The molecule has 0 spiro atoms. The molecule has 33 heavy (non-hydrogen) atoms. The zero-order valence-electron chi connectivity index (χ0n) is 19.9. The first-order valence-electron chi connectivity index (χ1n) is 11.2. The quantitative estimate of drug-likeness (QED) is 0.354. The van der Waals surface area contributed by atoms with Crippen LogP contribution in [0.2, 0.25) is 0 Å². The first kappa shape index (κ1) is 24.3. The Morgan fingerprint density at radius 3 is 2.36 bits per heavy atom. The number of aliphatic hydroxyl groups excluding tert-OH is 1. The van der Waals surface area contributed by atoms with Crippen LogP contribution in [0.3, 0.4) is 0 Å². The molecule has 0 aliphatic carbocycles. The summed E-state index contributed by atoms with van der Waals surface area (Å²) in [6.45, 7) is 7.08. The third-order valence-corrected chi connectivity index (χ3v) is 5.34. The summed E-state index contributed by atoms with van der Waals surface area (Å²) < 4.78 is 11.5. The second kappa shape index (κ2) is 10.5. The molecule has 1 N–H and O–H groups in total. The zero-order chi connectivity index (χ0) is 24.1. The van der Waals surface area contributed by atoms with Crippen molar-refractivity contribution in [1.82, 2.24) is 9.80 Å². The SMILES string of the molecule is CCOc1ccccc1[C@@H]1C(=C(O)c2ccc(OC(C)C)cc2)C(=O)C(=O)N1CCN(C)C. The maximum absolute atomic E-state index is 13.2. The van der Waals surface area contributed by atoms with Gasteiger partial charge in [0, 0.05) is 24.2 Å². The molecule has 7 nitrogen and oxygen atoms in total. The third-order valence-electron chi connectivity index (χ3n) is 5.34. The van der Waals surface area contributed by atoms with E-state index in [0.29, 0.717) is 42.3 Å². The van der Waals surface area contributed by atoms with E-state index in [2.05, 4.69) is 0 Å². The highest BCUT2D eigenvalue weighted by Crippen LogP contribution is 2.42. The van der Waals surface area contributed by atoms with Crippen LogP contribution in [-0.4, -0.2) is 66.5 Å². The smallest absolute Gasteiger partial charge is 0.295 e. The van der Waals surface area contributed by atoms with Crippen molar-refractivity contribution >= 4 is 17.4 Å². The lowest BCUT2D eigenvalue weighted by molar-refractivity contribution is -0.140. The average Bonchev–Trinajstić information content (AvgIpc) is 3.02. The molecule has 1 amide bonds. The second-order valence-corrected chi connectivity index (χ2v) is 8.46. The molecule has 1 aliphatic heterocycles. The Bertz CT molecular complexity index is 1030. The number of amides is 1. The van der Waals surface area contributed by atoms with E-state index in [1.165, 1.54) is 4.90 Å². The van der Waals surface area contributed by atoms with Gasteiger partial charge < -0.3 is 24.4 Å². The van der Waals surface area contributed by atoms with Gasteiger partial charge in [0.25, 0.3) is 11.7 Å². The molecule has 1 aliphatic rings. The van der Waals surface area contributed by atoms with Gasteiger partial charge in [0.05, 0.1) is 24.3 Å². The summed E-state index contributed by atoms with van der Waals surface area (Å²) in [6.07, 6.45) is 0.0153. The number of aliphatic hydroxyl groups is 1. The van der Waals surface area contributed by atoms with Gasteiger partial charge in [0.15, 0.2) is 0 Å². The first-order chi connectivity index (χ1) is 15.7. The number of para-hydroxylation sites is 1. The normalized spacial score (nSPS) is 17.8. The number of ketones is 1. The minimum absolute atomic E-state index is 0.0153. The van der Waals surface area contributed by atoms with Crippen molar-refractivity contribution in [3.05, 3.63) is 65.2 Å². The Morgan fingerprint density at radius 2 is 1.76 bits per heavy atom. The van der Waals surface area contributed by atoms with Crippen molar-refractivity contribution in [1.29, 1.82) is 0 Å². The lowest BCUT2D eigenvalue weighted by Crippen LogP contribution is -2.35. The van der Waals surface area contributed by atoms with Crippen molar-refractivity contribution in [3.8, 4) is 11.5 Å². The van der Waals surface area contributed by atoms with Crippen LogP contribution < -0.4 is 9.47 Å². The van der Waals surface area contributed by atoms with E-state index in [9.17, 15) is 14.7 Å². The lowest BCUT2D eigenvalue weighted by atomic mass is 9.94. The second-order valence-electron chi connectivity index (χ2n) is 8.46. The van der Waals surface area contributed by atoms with Gasteiger partial charge in [-0.25, -0.2) is 0 Å². The van der Waals surface area contributed by atoms with Crippen LogP contribution in [0.1, 0.15) is 37.9 Å². The topological polar surface area (TPSA) is 79.3 Å². The van der Waals surface area contributed by atoms with Crippen molar-refractivity contribution in [2.45, 2.75) is 32.9 Å². The van der Waals surface area contributed by atoms with E-state index < -0.39 is 17.7 Å². The number of carbonyl (C=O) groups is 2. The van der Waals surface area contributed by atoms with Crippen molar-refractivity contribution in [2.24, 2.45) is 0 Å². The average molecular weight is 453 g/mol. The molecular weight excluding hydrogens is 420 g/mol. The van der Waals surface area contributed by atoms with Gasteiger partial charge >= 0.3 is 0 Å². The lowest BCUT2D eigenvalue weighted by Gasteiger charge is -2.27. The minimum atomic E-state index is -0.751. The van der Waals surface area contributed by atoms with Gasteiger partial charge in [0.2, 0.25) is 0 Å². The Labute approximate surface area is 195 Å². The number of benzene rings is 2. The molecule has 2 aromatic carbocycles. The van der Waals surface area contributed by atoms with Crippen LogP contribution in [0.5, 0.6) is 11.5 Å². The standard InChI is InChI=1S/C26H32N2O5/c1-6-32-21-10-8-7-9-20(21)23-22(25(30)26(31)28(23)16-15-27(4)5)24(29)18-11-13-19(14-12-18)33-17(2)3/h7-14,17,23,29H,6,15-16H2,1-5H3/t23-/m1/s1. The number of nitrogens with zero attached hydrogens (tertiary/aromatic N) is 2. The van der Waals surface area contributed by atoms with Crippen LogP contribution in [0.4, 0.5) is 0 Å². The fourth-order valence-corrected chi connectivity index (χ4v) is 3.85. The molecule has 0 radical (unpaired) electrons. The highest BCUT2D eigenvalue weighted by atomic mass is 16.5. The summed E-state index contributed by atoms with van der Waals surface area (Å²) in [4.78, 5) is 29.7. The van der Waals surface area contributed by atoms with E-state index in [1.807, 2.05) is 64.0 Å². The molecule has 0 saturated carbocycles. The molecule has 0 bridgehead atoms. The summed E-state index contributed by atoms with van der Waals surface area (Å²) in [5.41, 5.74) is 1.16. The molecule has 1 fully saturated rings. The molecule has 1 heterocycles. The van der Waals surface area contributed by atoms with Gasteiger partial charge in [-0.3, -0.25) is 9.59 Å². The fourth-order valence-electron chi connectivity index (χ4n) is 3.85. The van der Waals surface area contributed by atoms with Crippen LogP contribution in [0.15, 0.2) is 54.1 Å². The Morgan fingerprint density at radius 1 is 1.09 bits per heavy atom. The molecule has 176 valence electrons. The van der Waals surface area contributed by atoms with Gasteiger partial charge in [-0.1, -0.05) is 18.2 Å². The van der Waals surface area contributed by atoms with Crippen molar-refractivity contribution < 1.29 is 24.2 Å². The van der Waals surface area contributed by atoms with Gasteiger partial charge in [-0.05, 0) is 65.2 Å². The highest BCUT2D eigenvalue weighted by molar-refractivity contribution is 6.46. The maximum Gasteiger partial charge on any atom is 0.295 e. The summed E-state index contributed by atoms with van der Waals surface area (Å²) in [6, 6.07) is 13.4. The Kier molecular flexibility index (Phi) is 7.76. The van der Waals surface area contributed by atoms with E-state index in [4.69, 9.17) is 9.47 Å². The molecule has 1 saturated heterocycles. The monoisotopic (exact) mass is 452 g/mol. The first-order valence-corrected chi connectivity index (χ1v) is 11.2. The predicted molar refractivity (Wildman–Crippen MR) is 127 cm³/mol. The maximum atomic E-state index is 13.2. The number of rotatable bonds is 9. The number of carbonyl (C=O) groups excluding carboxylic acids is 2. The minimum Gasteiger partial charge on any atom is -0.507 e. The molecular formula is C26H32N2O5. The highest BCUT2D eigenvalue weighted by Gasteiger charge is 2.46. The van der Waals surface area contributed by atoms with E-state index in [0.717, 1.165) is 0 Å². The van der Waals surface area contributed by atoms with Crippen molar-refractivity contribution in [2.75, 3.05) is 33.8 Å². The number of ether oxygens (including phenoxy) is 2. The zero-order valence-corrected chi connectivity index (χ0v) is 19.9. The molecule has 1 atom stereocenters. The van der Waals surface area contributed by atoms with Crippen molar-refractivity contribution in [3.63, 3.8) is 0 Å². The number of likely N-dealkylation sites (tertiary alicyclic amines) is 1. The predicted octanol–water partition coefficient (Wildman–Crippen LogP) is 3.86. The largest absolute Gasteiger partial charge is 0.507 e. The van der Waals surface area contributed by atoms with E-state index >= 15 is 0 Å². The fraction of sp³-hybridized carbons (Fsp3) is 0.385. The summed E-state index contributed by atoms with van der Waals surface area (Å²) >= 11 is 0. The Balaban J connectivity index is 2.12. The summed E-state index contributed by atoms with van der Waals surface area (Å²) in [5.74, 6) is -0.313. The molecule has 7 heteroatoms. The Hall–Kier alpha value is -3.32. The number of Topliss-reactive ketones (excluding diaryl/α,β-unsaturated/α-hetero) is 1. The van der Waals surface area contributed by atoms with Gasteiger partial charge in [0.1, 0.15) is 17.3 Å². The van der Waals surface area contributed by atoms with Gasteiger partial charge in [-0.2, -0.15) is 0 Å². The van der Waals surface area contributed by atoms with Crippen LogP contribution >= 0.6 is 0 Å². The molecule has 3 rings (SSSR count). The van der Waals surface area contributed by atoms with E-state index in [-0.39, 0.29) is 17.4 Å². The van der Waals surface area contributed by atoms with E-state index in [1.54, 1.807) is 24.3 Å².